The number of hydrogen-bond donors (Lipinski definition) is 2. The van der Waals surface area contributed by atoms with Crippen LogP contribution in [0, 0.1) is 0 Å². The van der Waals surface area contributed by atoms with Crippen LogP contribution >= 0.6 is 43.2 Å². The highest BCUT2D eigenvalue weighted by molar-refractivity contribution is 8.77. The maximum atomic E-state index is 12.9. The van der Waals surface area contributed by atoms with E-state index in [9.17, 15) is 19.6 Å². The largest absolute Gasteiger partial charge is 0.488 e. The van der Waals surface area contributed by atoms with Crippen LogP contribution in [-0.2, 0) is 25.6 Å². The molecule has 1 heterocycles. The summed E-state index contributed by atoms with van der Waals surface area (Å²) in [6.45, 7) is 10.8. The zero-order valence-corrected chi connectivity index (χ0v) is 30.1. The number of carbonyl (C=O) groups excluding carboxylic acids is 2. The van der Waals surface area contributed by atoms with Gasteiger partial charge in [0, 0.05) is 35.1 Å². The molecule has 13 heteroatoms. The number of quaternary nitrogens is 1. The second kappa shape index (κ2) is 24.6. The van der Waals surface area contributed by atoms with Crippen molar-refractivity contribution in [3.63, 3.8) is 0 Å². The highest BCUT2D eigenvalue weighted by atomic mass is 33.1. The van der Waals surface area contributed by atoms with Crippen molar-refractivity contribution in [1.82, 2.24) is 4.90 Å². The molecule has 250 valence electrons. The van der Waals surface area contributed by atoms with E-state index >= 15 is 0 Å². The van der Waals surface area contributed by atoms with Crippen LogP contribution in [0.3, 0.4) is 0 Å². The first-order chi connectivity index (χ1) is 21.4. The predicted octanol–water partition coefficient (Wildman–Crippen LogP) is 5.01. The fourth-order valence-electron chi connectivity index (χ4n) is 4.94. The van der Waals surface area contributed by atoms with Gasteiger partial charge in [0.05, 0.1) is 32.5 Å². The molecule has 2 N–H and O–H groups in total. The van der Waals surface area contributed by atoms with Crippen LogP contribution in [0.5, 0.6) is 0 Å². The van der Waals surface area contributed by atoms with Crippen molar-refractivity contribution in [2.24, 2.45) is 0 Å². The molecule has 1 aromatic carbocycles. The molecular formula is C31H54BN2O6S4+. The first kappa shape index (κ1) is 39.6. The van der Waals surface area contributed by atoms with Crippen LogP contribution in [0.15, 0.2) is 24.3 Å². The van der Waals surface area contributed by atoms with Crippen LogP contribution in [0.1, 0.15) is 70.8 Å². The number of carbonyl (C=O) groups is 2. The molecule has 2 rings (SSSR count). The van der Waals surface area contributed by atoms with E-state index in [2.05, 4.69) is 18.7 Å². The second-order valence-corrected chi connectivity index (χ2v) is 16.7. The number of esters is 2. The van der Waals surface area contributed by atoms with Gasteiger partial charge in [-0.15, -0.1) is 0 Å². The van der Waals surface area contributed by atoms with Crippen LogP contribution in [0.2, 0.25) is 0 Å². The van der Waals surface area contributed by atoms with Crippen molar-refractivity contribution in [2.75, 3.05) is 75.5 Å². The summed E-state index contributed by atoms with van der Waals surface area (Å²) in [5.74, 6) is 3.38. The van der Waals surface area contributed by atoms with Gasteiger partial charge in [0.15, 0.2) is 0 Å². The van der Waals surface area contributed by atoms with Crippen molar-refractivity contribution >= 4 is 67.7 Å². The van der Waals surface area contributed by atoms with Gasteiger partial charge >= 0.3 is 19.1 Å². The minimum atomic E-state index is -1.52. The number of nitrogens with zero attached hydrogens (tertiary/aromatic N) is 2. The van der Waals surface area contributed by atoms with E-state index in [-0.39, 0.29) is 24.8 Å². The highest BCUT2D eigenvalue weighted by Crippen LogP contribution is 2.23. The first-order valence-corrected chi connectivity index (χ1v) is 21.2. The average Bonchev–Trinajstić information content (AvgIpc) is 3.55. The molecule has 0 atom stereocenters. The molecule has 0 aromatic heterocycles. The molecule has 1 aromatic rings. The summed E-state index contributed by atoms with van der Waals surface area (Å²) in [6, 6.07) is 7.28. The van der Waals surface area contributed by atoms with Crippen molar-refractivity contribution in [1.29, 1.82) is 0 Å². The summed E-state index contributed by atoms with van der Waals surface area (Å²) in [7, 11) is 5.64. The fraction of sp³-hybridized carbons (Fsp3) is 0.742. The van der Waals surface area contributed by atoms with Gasteiger partial charge < -0.3 is 24.0 Å². The number of hydrogen-bond acceptors (Lipinski definition) is 11. The van der Waals surface area contributed by atoms with E-state index in [0.717, 1.165) is 54.8 Å². The molecule has 0 bridgehead atoms. The molecule has 1 fully saturated rings. The second-order valence-electron chi connectivity index (χ2n) is 11.3. The monoisotopic (exact) mass is 689 g/mol. The maximum Gasteiger partial charge on any atom is 0.488 e. The molecule has 1 aliphatic heterocycles. The number of benzene rings is 1. The Labute approximate surface area is 282 Å². The zero-order valence-electron chi connectivity index (χ0n) is 26.8. The maximum absolute atomic E-state index is 12.9. The van der Waals surface area contributed by atoms with Gasteiger partial charge in [0.2, 0.25) is 0 Å². The van der Waals surface area contributed by atoms with Crippen molar-refractivity contribution < 1.29 is 33.6 Å². The average molecular weight is 690 g/mol. The number of likely N-dealkylation sites (tertiary alicyclic amines) is 1. The normalized spacial score (nSPS) is 13.7. The Morgan fingerprint density at radius 1 is 0.795 bits per heavy atom. The molecule has 0 spiro atoms. The lowest BCUT2D eigenvalue weighted by Crippen LogP contribution is -2.53. The Kier molecular flexibility index (Phi) is 22.2. The summed E-state index contributed by atoms with van der Waals surface area (Å²) < 4.78 is 11.8. The van der Waals surface area contributed by atoms with Gasteiger partial charge in [-0.05, 0) is 44.2 Å². The van der Waals surface area contributed by atoms with Gasteiger partial charge in [-0.3, -0.25) is 14.5 Å². The fourth-order valence-corrected chi connectivity index (χ4v) is 9.05. The summed E-state index contributed by atoms with van der Waals surface area (Å²) in [5, 5.41) is 19.1. The minimum Gasteiger partial charge on any atom is -0.465 e. The Morgan fingerprint density at radius 3 is 1.77 bits per heavy atom. The molecule has 1 saturated heterocycles. The van der Waals surface area contributed by atoms with E-state index in [0.29, 0.717) is 42.8 Å². The smallest absolute Gasteiger partial charge is 0.465 e. The number of unbranched alkanes of at least 4 members (excludes halogenated alkanes) is 2. The quantitative estimate of drug-likeness (QED) is 0.0452. The molecule has 0 saturated carbocycles. The molecule has 0 amide bonds. The van der Waals surface area contributed by atoms with Gasteiger partial charge in [0.25, 0.3) is 0 Å². The summed E-state index contributed by atoms with van der Waals surface area (Å²) in [6.07, 6.45) is 7.72. The molecule has 1 aliphatic rings. The van der Waals surface area contributed by atoms with E-state index in [1.165, 1.54) is 38.5 Å². The molecule has 44 heavy (non-hydrogen) atoms. The SMILES string of the molecule is CCCCSSCCOC(=O)CC[N+](CCC(=O)OCCSSCCCC)(CCN1CCCC1)Cc1ccc(B(O)O)cc1. The van der Waals surface area contributed by atoms with E-state index in [4.69, 9.17) is 9.47 Å². The standard InChI is InChI=1S/C31H54BN2O6S4/c1-3-5-23-41-43-25-21-39-30(35)13-18-34(20-17-33-15-7-8-16-33,27-28-9-11-29(12-10-28)32(37)38)19-14-31(36)40-22-26-44-42-24-6-4-2/h9-12,37-38H,3-8,13-27H2,1-2H3/q+1. The lowest BCUT2D eigenvalue weighted by atomic mass is 9.80. The number of ether oxygens (including phenoxy) is 2. The number of rotatable bonds is 26. The van der Waals surface area contributed by atoms with Crippen molar-refractivity contribution in [3.8, 4) is 0 Å². The molecule has 0 aliphatic carbocycles. The Bertz CT molecular complexity index is 876. The third-order valence-corrected chi connectivity index (χ3v) is 12.6. The van der Waals surface area contributed by atoms with Crippen molar-refractivity contribution in [2.45, 2.75) is 71.8 Å². The summed E-state index contributed by atoms with van der Waals surface area (Å²) in [4.78, 5) is 28.2. The third-order valence-electron chi connectivity index (χ3n) is 7.65. The van der Waals surface area contributed by atoms with E-state index in [1.807, 2.05) is 33.7 Å². The topological polar surface area (TPSA) is 96.3 Å². The lowest BCUT2D eigenvalue weighted by Gasteiger charge is -2.40. The Balaban J connectivity index is 2.04. The van der Waals surface area contributed by atoms with Crippen LogP contribution < -0.4 is 5.46 Å². The lowest BCUT2D eigenvalue weighted by molar-refractivity contribution is -0.939. The van der Waals surface area contributed by atoms with Gasteiger partial charge in [0.1, 0.15) is 19.8 Å². The predicted molar refractivity (Wildman–Crippen MR) is 191 cm³/mol. The molecule has 8 nitrogen and oxygen atoms in total. The molecular weight excluding hydrogens is 635 g/mol. The van der Waals surface area contributed by atoms with Gasteiger partial charge in [-0.1, -0.05) is 94.1 Å². The summed E-state index contributed by atoms with van der Waals surface area (Å²) in [5.41, 5.74) is 1.46. The first-order valence-electron chi connectivity index (χ1n) is 16.2. The Hall–Kier alpha value is -0.535. The molecule has 0 unspecified atom stereocenters. The van der Waals surface area contributed by atoms with E-state index in [1.54, 1.807) is 33.7 Å². The van der Waals surface area contributed by atoms with E-state index < -0.39 is 7.12 Å². The zero-order chi connectivity index (χ0) is 31.9. The van der Waals surface area contributed by atoms with Crippen molar-refractivity contribution in [3.05, 3.63) is 29.8 Å². The Morgan fingerprint density at radius 2 is 1.30 bits per heavy atom. The minimum absolute atomic E-state index is 0.202. The highest BCUT2D eigenvalue weighted by Gasteiger charge is 2.31. The van der Waals surface area contributed by atoms with Gasteiger partial charge in [-0.25, -0.2) is 0 Å². The van der Waals surface area contributed by atoms with Crippen LogP contribution in [0.25, 0.3) is 0 Å². The van der Waals surface area contributed by atoms with Gasteiger partial charge in [-0.2, -0.15) is 0 Å². The summed E-state index contributed by atoms with van der Waals surface area (Å²) >= 11 is 0. The van der Waals surface area contributed by atoms with Crippen LogP contribution in [0.4, 0.5) is 0 Å². The van der Waals surface area contributed by atoms with Crippen LogP contribution in [-0.4, -0.2) is 114 Å². The molecule has 0 radical (unpaired) electrons. The third kappa shape index (κ3) is 18.0.